The number of ether oxygens (including phenoxy) is 1. The fraction of sp³-hybridized carbons (Fsp3) is 0.229. The minimum absolute atomic E-state index is 0.112. The predicted octanol–water partition coefficient (Wildman–Crippen LogP) is 7.84. The lowest BCUT2D eigenvalue weighted by atomic mass is 9.91. The lowest BCUT2D eigenvalue weighted by Gasteiger charge is -2.47. The lowest BCUT2D eigenvalue weighted by molar-refractivity contribution is -0.186. The van der Waals surface area contributed by atoms with Crippen molar-refractivity contribution in [1.29, 1.82) is 0 Å². The number of hydrogen-bond acceptors (Lipinski definition) is 6. The van der Waals surface area contributed by atoms with Gasteiger partial charge in [-0.05, 0) is 42.2 Å². The minimum atomic E-state index is -1.63. The van der Waals surface area contributed by atoms with E-state index in [1.165, 1.54) is 16.7 Å². The van der Waals surface area contributed by atoms with Gasteiger partial charge in [0.2, 0.25) is 5.72 Å². The number of pyridine rings is 1. The van der Waals surface area contributed by atoms with Gasteiger partial charge in [0.1, 0.15) is 10.7 Å². The topological polar surface area (TPSA) is 91.8 Å². The van der Waals surface area contributed by atoms with Crippen LogP contribution in [0.1, 0.15) is 61.5 Å². The molecule has 2 unspecified atom stereocenters. The van der Waals surface area contributed by atoms with Gasteiger partial charge in [0.05, 0.1) is 24.7 Å². The molecule has 2 amide bonds. The Morgan fingerprint density at radius 3 is 2.26 bits per heavy atom. The molecule has 1 aliphatic heterocycles. The van der Waals surface area contributed by atoms with Crippen LogP contribution >= 0.6 is 11.8 Å². The number of nitrogens with zero attached hydrogens (tertiary/aromatic N) is 2. The molecule has 2 atom stereocenters. The Hall–Kier alpha value is -4.56. The van der Waals surface area contributed by atoms with Gasteiger partial charge in [-0.25, -0.2) is 9.59 Å². The summed E-state index contributed by atoms with van der Waals surface area (Å²) in [5, 5.41) is 14.6. The second-order valence-electron chi connectivity index (χ2n) is 10.7. The molecule has 0 radical (unpaired) electrons. The van der Waals surface area contributed by atoms with Crippen molar-refractivity contribution >= 4 is 23.8 Å². The van der Waals surface area contributed by atoms with E-state index in [9.17, 15) is 14.7 Å². The van der Waals surface area contributed by atoms with Gasteiger partial charge in [0, 0.05) is 16.7 Å². The molecule has 3 aromatic carbocycles. The standard InChI is InChI=1S/C35H35N3O4S/c1-24(2)29-19-10-11-20-31(29)43-32-30(39)22-35(42-33(32)40,27-16-8-5-9-17-27)38(25(3)26-14-6-4-7-15-26)34(41)37-23-28-18-12-13-21-36-28/h4-21,24-25,39H,22-23H2,1-3H3,(H,37,41). The third-order valence-electron chi connectivity index (χ3n) is 7.52. The number of carbonyl (C=O) groups excluding carboxylic acids is 2. The van der Waals surface area contributed by atoms with Crippen LogP contribution < -0.4 is 5.32 Å². The maximum Gasteiger partial charge on any atom is 0.350 e. The molecule has 0 aliphatic carbocycles. The van der Waals surface area contributed by atoms with E-state index in [2.05, 4.69) is 24.1 Å². The number of aliphatic hydroxyl groups excluding tert-OH is 1. The first kappa shape index (κ1) is 29.9. The van der Waals surface area contributed by atoms with Crippen LogP contribution in [0.2, 0.25) is 0 Å². The SMILES string of the molecule is CC(C)c1ccccc1SC1=C(O)CC(c2ccccc2)(N(C(=O)NCc2ccccn2)C(C)c2ccccc2)OC1=O. The highest BCUT2D eigenvalue weighted by Crippen LogP contribution is 2.48. The second-order valence-corrected chi connectivity index (χ2v) is 11.8. The third-order valence-corrected chi connectivity index (χ3v) is 8.72. The predicted molar refractivity (Wildman–Crippen MR) is 168 cm³/mol. The Balaban J connectivity index is 1.59. The molecule has 0 bridgehead atoms. The number of aliphatic hydroxyl groups is 1. The minimum Gasteiger partial charge on any atom is -0.511 e. The van der Waals surface area contributed by atoms with Crippen LogP contribution in [0.15, 0.2) is 125 Å². The van der Waals surface area contributed by atoms with Gasteiger partial charge in [-0.15, -0.1) is 0 Å². The molecule has 220 valence electrons. The van der Waals surface area contributed by atoms with Crippen molar-refractivity contribution in [3.8, 4) is 0 Å². The first-order chi connectivity index (χ1) is 20.8. The summed E-state index contributed by atoms with van der Waals surface area (Å²) in [5.41, 5.74) is 1.53. The molecular formula is C35H35N3O4S. The summed E-state index contributed by atoms with van der Waals surface area (Å²) in [6.45, 7) is 6.23. The Morgan fingerprint density at radius 2 is 1.60 bits per heavy atom. The highest BCUT2D eigenvalue weighted by atomic mass is 32.2. The molecule has 0 spiro atoms. The first-order valence-corrected chi connectivity index (χ1v) is 15.1. The summed E-state index contributed by atoms with van der Waals surface area (Å²) in [6.07, 6.45) is 1.54. The van der Waals surface area contributed by atoms with Gasteiger partial charge in [0.25, 0.3) is 0 Å². The summed E-state index contributed by atoms with van der Waals surface area (Å²) in [4.78, 5) is 35.0. The number of amides is 2. The molecule has 0 fully saturated rings. The van der Waals surface area contributed by atoms with Gasteiger partial charge < -0.3 is 15.2 Å². The van der Waals surface area contributed by atoms with Crippen molar-refractivity contribution in [1.82, 2.24) is 15.2 Å². The summed E-state index contributed by atoms with van der Waals surface area (Å²) in [6, 6.07) is 31.0. The van der Waals surface area contributed by atoms with E-state index in [0.29, 0.717) is 11.3 Å². The Labute approximate surface area is 256 Å². The van der Waals surface area contributed by atoms with Gasteiger partial charge in [-0.2, -0.15) is 0 Å². The number of aromatic nitrogens is 1. The highest BCUT2D eigenvalue weighted by Gasteiger charge is 2.52. The van der Waals surface area contributed by atoms with Crippen molar-refractivity contribution < 1.29 is 19.4 Å². The molecule has 8 heteroatoms. The molecular weight excluding hydrogens is 558 g/mol. The molecule has 1 aromatic heterocycles. The van der Waals surface area contributed by atoms with Crippen molar-refractivity contribution in [3.05, 3.63) is 142 Å². The maximum atomic E-state index is 14.2. The van der Waals surface area contributed by atoms with Crippen LogP contribution in [0.5, 0.6) is 0 Å². The zero-order chi connectivity index (χ0) is 30.4. The number of thioether (sulfide) groups is 1. The summed E-state index contributed by atoms with van der Waals surface area (Å²) in [7, 11) is 0. The fourth-order valence-electron chi connectivity index (χ4n) is 5.34. The number of nitrogens with one attached hydrogen (secondary N) is 1. The largest absolute Gasteiger partial charge is 0.511 e. The Bertz CT molecular complexity index is 1600. The van der Waals surface area contributed by atoms with E-state index >= 15 is 0 Å². The normalized spacial score (nSPS) is 17.3. The second kappa shape index (κ2) is 13.2. The van der Waals surface area contributed by atoms with Crippen LogP contribution in [0.3, 0.4) is 0 Å². The molecule has 4 aromatic rings. The molecule has 2 heterocycles. The number of benzene rings is 3. The van der Waals surface area contributed by atoms with Crippen molar-refractivity contribution in [3.63, 3.8) is 0 Å². The molecule has 2 N–H and O–H groups in total. The Kier molecular flexibility index (Phi) is 9.16. The fourth-order valence-corrected chi connectivity index (χ4v) is 6.45. The summed E-state index contributed by atoms with van der Waals surface area (Å²) < 4.78 is 6.37. The van der Waals surface area contributed by atoms with Crippen LogP contribution in [-0.2, 0) is 21.8 Å². The average molecular weight is 594 g/mol. The van der Waals surface area contributed by atoms with E-state index in [4.69, 9.17) is 4.74 Å². The number of carbonyl (C=O) groups is 2. The monoisotopic (exact) mass is 593 g/mol. The molecule has 43 heavy (non-hydrogen) atoms. The van der Waals surface area contributed by atoms with Gasteiger partial charge in [-0.1, -0.05) is 111 Å². The highest BCUT2D eigenvalue weighted by molar-refractivity contribution is 8.04. The average Bonchev–Trinajstić information content (AvgIpc) is 3.03. The number of esters is 1. The first-order valence-electron chi connectivity index (χ1n) is 14.3. The van der Waals surface area contributed by atoms with Crippen LogP contribution in [0.25, 0.3) is 0 Å². The Morgan fingerprint density at radius 1 is 0.953 bits per heavy atom. The van der Waals surface area contributed by atoms with E-state index < -0.39 is 23.8 Å². The van der Waals surface area contributed by atoms with E-state index in [0.717, 1.165) is 16.0 Å². The maximum absolute atomic E-state index is 14.2. The van der Waals surface area contributed by atoms with Gasteiger partial charge >= 0.3 is 12.0 Å². The van der Waals surface area contributed by atoms with Gasteiger partial charge in [-0.3, -0.25) is 9.88 Å². The van der Waals surface area contributed by atoms with Crippen molar-refractivity contribution in [2.45, 2.75) is 56.3 Å². The molecule has 5 rings (SSSR count). The zero-order valence-corrected chi connectivity index (χ0v) is 25.3. The van der Waals surface area contributed by atoms with Crippen LogP contribution in [0, 0.1) is 0 Å². The van der Waals surface area contributed by atoms with E-state index in [-0.39, 0.29) is 29.5 Å². The van der Waals surface area contributed by atoms with Crippen molar-refractivity contribution in [2.24, 2.45) is 0 Å². The smallest absolute Gasteiger partial charge is 0.350 e. The quantitative estimate of drug-likeness (QED) is 0.192. The van der Waals surface area contributed by atoms with Crippen molar-refractivity contribution in [2.75, 3.05) is 0 Å². The number of rotatable bonds is 9. The van der Waals surface area contributed by atoms with Crippen LogP contribution in [0.4, 0.5) is 4.79 Å². The number of urea groups is 1. The zero-order valence-electron chi connectivity index (χ0n) is 24.4. The van der Waals surface area contributed by atoms with E-state index in [1.807, 2.05) is 110 Å². The van der Waals surface area contributed by atoms with Gasteiger partial charge in [0.15, 0.2) is 0 Å². The third kappa shape index (κ3) is 6.44. The lowest BCUT2D eigenvalue weighted by Crippen LogP contribution is -2.57. The number of cyclic esters (lactones) is 1. The molecule has 1 aliphatic rings. The van der Waals surface area contributed by atoms with Crippen LogP contribution in [-0.4, -0.2) is 27.0 Å². The molecule has 0 saturated heterocycles. The molecule has 7 nitrogen and oxygen atoms in total. The molecule has 0 saturated carbocycles. The summed E-state index contributed by atoms with van der Waals surface area (Å²) >= 11 is 1.19. The van der Waals surface area contributed by atoms with E-state index in [1.54, 1.807) is 6.20 Å². The summed E-state index contributed by atoms with van der Waals surface area (Å²) in [5.74, 6) is -0.607. The number of hydrogen-bond donors (Lipinski definition) is 2.